The minimum absolute atomic E-state index is 0.630. The van der Waals surface area contributed by atoms with Crippen molar-refractivity contribution >= 4 is 12.2 Å². The second-order valence-electron chi connectivity index (χ2n) is 6.69. The zero-order chi connectivity index (χ0) is 15.7. The molecule has 0 aliphatic heterocycles. The van der Waals surface area contributed by atoms with Crippen LogP contribution in [-0.4, -0.2) is 32.3 Å². The van der Waals surface area contributed by atoms with E-state index in [2.05, 4.69) is 60.0 Å². The molecule has 5 heteroatoms. The number of nitrogens with zero attached hydrogens (tertiary/aromatic N) is 3. The molecule has 3 rings (SSSR count). The Kier molecular flexibility index (Phi) is 4.45. The van der Waals surface area contributed by atoms with E-state index in [4.69, 9.17) is 12.2 Å². The van der Waals surface area contributed by atoms with Crippen LogP contribution in [0.2, 0.25) is 0 Å². The van der Waals surface area contributed by atoms with Crippen molar-refractivity contribution in [2.24, 2.45) is 5.92 Å². The summed E-state index contributed by atoms with van der Waals surface area (Å²) < 4.78 is 2.62. The zero-order valence-corrected chi connectivity index (χ0v) is 14.4. The highest BCUT2D eigenvalue weighted by molar-refractivity contribution is 7.71. The topological polar surface area (TPSA) is 36.9 Å². The molecule has 1 N–H and O–H groups in total. The van der Waals surface area contributed by atoms with Gasteiger partial charge in [-0.15, -0.1) is 0 Å². The van der Waals surface area contributed by atoms with Crippen molar-refractivity contribution in [1.29, 1.82) is 0 Å². The first-order chi connectivity index (χ1) is 10.5. The Hall–Kier alpha value is -1.46. The number of rotatable bonds is 6. The van der Waals surface area contributed by atoms with Gasteiger partial charge in [0.15, 0.2) is 5.82 Å². The molecule has 0 radical (unpaired) electrons. The lowest BCUT2D eigenvalue weighted by Gasteiger charge is -2.23. The summed E-state index contributed by atoms with van der Waals surface area (Å²) >= 11 is 5.43. The maximum Gasteiger partial charge on any atom is 0.217 e. The van der Waals surface area contributed by atoms with Gasteiger partial charge in [-0.05, 0) is 37.9 Å². The summed E-state index contributed by atoms with van der Waals surface area (Å²) in [6, 6.07) is 9.08. The monoisotopic (exact) mass is 316 g/mol. The van der Waals surface area contributed by atoms with Gasteiger partial charge in [-0.3, -0.25) is 10.00 Å². The SMILES string of the molecule is Cc1ccc(-c2nc(=S)n(CN(CC(C)C)C3CC3)[nH]2)cc1. The van der Waals surface area contributed by atoms with Crippen molar-refractivity contribution in [3.05, 3.63) is 34.6 Å². The minimum Gasteiger partial charge on any atom is -0.281 e. The normalized spacial score (nSPS) is 15.0. The van der Waals surface area contributed by atoms with Crippen LogP contribution in [0.4, 0.5) is 0 Å². The van der Waals surface area contributed by atoms with Crippen LogP contribution in [0.1, 0.15) is 32.3 Å². The maximum atomic E-state index is 5.43. The lowest BCUT2D eigenvalue weighted by atomic mass is 10.1. The van der Waals surface area contributed by atoms with E-state index in [0.717, 1.165) is 30.6 Å². The first-order valence-electron chi connectivity index (χ1n) is 8.01. The molecule has 118 valence electrons. The van der Waals surface area contributed by atoms with Crippen molar-refractivity contribution in [2.45, 2.75) is 46.3 Å². The van der Waals surface area contributed by atoms with Crippen LogP contribution in [0.25, 0.3) is 11.4 Å². The van der Waals surface area contributed by atoms with E-state index in [1.54, 1.807) is 0 Å². The summed E-state index contributed by atoms with van der Waals surface area (Å²) in [5.41, 5.74) is 2.33. The number of aromatic nitrogens is 3. The average Bonchev–Trinajstić information content (AvgIpc) is 3.24. The third-order valence-corrected chi connectivity index (χ3v) is 4.30. The second-order valence-corrected chi connectivity index (χ2v) is 7.05. The molecule has 1 aromatic heterocycles. The van der Waals surface area contributed by atoms with Crippen LogP contribution in [0.15, 0.2) is 24.3 Å². The van der Waals surface area contributed by atoms with E-state index >= 15 is 0 Å². The fourth-order valence-electron chi connectivity index (χ4n) is 2.71. The molecule has 0 saturated heterocycles. The largest absolute Gasteiger partial charge is 0.281 e. The van der Waals surface area contributed by atoms with Gasteiger partial charge in [0.05, 0.1) is 6.67 Å². The van der Waals surface area contributed by atoms with Crippen molar-refractivity contribution in [2.75, 3.05) is 6.54 Å². The van der Waals surface area contributed by atoms with Gasteiger partial charge in [0.2, 0.25) is 4.77 Å². The third kappa shape index (κ3) is 3.65. The standard InChI is InChI=1S/C17H24N4S/c1-12(2)10-20(15-8-9-15)11-21-17(22)18-16(19-21)14-6-4-13(3)5-7-14/h4-7,12,15H,8-11H2,1-3H3,(H,18,19,22). The molecule has 1 heterocycles. The quantitative estimate of drug-likeness (QED) is 0.819. The Bertz CT molecular complexity index is 679. The van der Waals surface area contributed by atoms with Crippen molar-refractivity contribution < 1.29 is 0 Å². The molecule has 0 bridgehead atoms. The number of aromatic amines is 1. The number of nitrogens with one attached hydrogen (secondary N) is 1. The van der Waals surface area contributed by atoms with E-state index in [9.17, 15) is 0 Å². The number of hydrogen-bond acceptors (Lipinski definition) is 3. The number of benzene rings is 1. The predicted molar refractivity (Wildman–Crippen MR) is 92.2 cm³/mol. The Labute approximate surface area is 137 Å². The molecule has 22 heavy (non-hydrogen) atoms. The van der Waals surface area contributed by atoms with Crippen LogP contribution in [-0.2, 0) is 6.67 Å². The van der Waals surface area contributed by atoms with Gasteiger partial charge in [0, 0.05) is 18.2 Å². The van der Waals surface area contributed by atoms with Crippen molar-refractivity contribution in [3.63, 3.8) is 0 Å². The fourth-order valence-corrected chi connectivity index (χ4v) is 2.90. The zero-order valence-electron chi connectivity index (χ0n) is 13.5. The molecule has 1 aliphatic rings. The minimum atomic E-state index is 0.630. The Balaban J connectivity index is 1.79. The lowest BCUT2D eigenvalue weighted by Crippen LogP contribution is -2.32. The van der Waals surface area contributed by atoms with Gasteiger partial charge in [-0.25, -0.2) is 4.68 Å². The summed E-state index contributed by atoms with van der Waals surface area (Å²) in [6.45, 7) is 8.52. The van der Waals surface area contributed by atoms with Crippen LogP contribution in [0, 0.1) is 17.6 Å². The number of H-pyrrole nitrogens is 1. The summed E-state index contributed by atoms with van der Waals surface area (Å²) in [6.07, 6.45) is 2.61. The summed E-state index contributed by atoms with van der Waals surface area (Å²) in [4.78, 5) is 7.03. The van der Waals surface area contributed by atoms with Crippen LogP contribution in [0.5, 0.6) is 0 Å². The van der Waals surface area contributed by atoms with Gasteiger partial charge >= 0.3 is 0 Å². The van der Waals surface area contributed by atoms with Gasteiger partial charge in [-0.1, -0.05) is 43.7 Å². The Morgan fingerprint density at radius 2 is 2.00 bits per heavy atom. The smallest absolute Gasteiger partial charge is 0.217 e. The molecule has 1 saturated carbocycles. The first-order valence-corrected chi connectivity index (χ1v) is 8.41. The van der Waals surface area contributed by atoms with Gasteiger partial charge < -0.3 is 0 Å². The molecule has 0 unspecified atom stereocenters. The molecule has 0 atom stereocenters. The molecular formula is C17H24N4S. The van der Waals surface area contributed by atoms with E-state index < -0.39 is 0 Å². The highest BCUT2D eigenvalue weighted by atomic mass is 32.1. The predicted octanol–water partition coefficient (Wildman–Crippen LogP) is 3.99. The third-order valence-electron chi connectivity index (χ3n) is 3.99. The highest BCUT2D eigenvalue weighted by Gasteiger charge is 2.29. The van der Waals surface area contributed by atoms with Crippen molar-refractivity contribution in [1.82, 2.24) is 19.7 Å². The van der Waals surface area contributed by atoms with E-state index in [1.807, 2.05) is 4.68 Å². The Morgan fingerprint density at radius 1 is 1.32 bits per heavy atom. The molecule has 0 amide bonds. The van der Waals surface area contributed by atoms with Crippen molar-refractivity contribution in [3.8, 4) is 11.4 Å². The molecule has 1 fully saturated rings. The van der Waals surface area contributed by atoms with Gasteiger partial charge in [-0.2, -0.15) is 4.98 Å². The van der Waals surface area contributed by atoms with E-state index in [1.165, 1.54) is 18.4 Å². The molecule has 0 spiro atoms. The fraction of sp³-hybridized carbons (Fsp3) is 0.529. The first kappa shape index (κ1) is 15.4. The van der Waals surface area contributed by atoms with E-state index in [0.29, 0.717) is 10.7 Å². The average molecular weight is 316 g/mol. The lowest BCUT2D eigenvalue weighted by molar-refractivity contribution is 0.174. The van der Waals surface area contributed by atoms with E-state index in [-0.39, 0.29) is 0 Å². The second kappa shape index (κ2) is 6.34. The van der Waals surface area contributed by atoms with Gasteiger partial charge in [0.1, 0.15) is 0 Å². The van der Waals surface area contributed by atoms with Crippen LogP contribution >= 0.6 is 12.2 Å². The summed E-state index contributed by atoms with van der Waals surface area (Å²) in [5.74, 6) is 1.51. The Morgan fingerprint density at radius 3 is 2.59 bits per heavy atom. The molecule has 1 aromatic carbocycles. The molecule has 1 aliphatic carbocycles. The maximum absolute atomic E-state index is 5.43. The van der Waals surface area contributed by atoms with Crippen LogP contribution in [0.3, 0.4) is 0 Å². The summed E-state index contributed by atoms with van der Waals surface area (Å²) in [5, 5.41) is 3.36. The number of hydrogen-bond donors (Lipinski definition) is 1. The highest BCUT2D eigenvalue weighted by Crippen LogP contribution is 2.28. The molecular weight excluding hydrogens is 292 g/mol. The van der Waals surface area contributed by atoms with Crippen LogP contribution < -0.4 is 0 Å². The number of aryl methyl sites for hydroxylation is 1. The summed E-state index contributed by atoms with van der Waals surface area (Å²) in [7, 11) is 0. The van der Waals surface area contributed by atoms with Gasteiger partial charge in [0.25, 0.3) is 0 Å². The molecule has 4 nitrogen and oxygen atoms in total. The molecule has 2 aromatic rings.